The minimum Gasteiger partial charge on any atom is -0.356 e. The van der Waals surface area contributed by atoms with E-state index in [1.807, 2.05) is 38.1 Å². The van der Waals surface area contributed by atoms with Crippen LogP contribution in [0.5, 0.6) is 0 Å². The fourth-order valence-corrected chi connectivity index (χ4v) is 1.16. The summed E-state index contributed by atoms with van der Waals surface area (Å²) in [6.07, 6.45) is 0.844. The van der Waals surface area contributed by atoms with Crippen LogP contribution in [-0.2, 0) is 11.2 Å². The maximum Gasteiger partial charge on any atom is 0.216 e. The normalized spacial score (nSPS) is 8.80. The van der Waals surface area contributed by atoms with Crippen molar-refractivity contribution in [1.29, 1.82) is 0 Å². The molecule has 0 fully saturated rings. The van der Waals surface area contributed by atoms with E-state index < -0.39 is 0 Å². The molecule has 0 aliphatic carbocycles. The highest BCUT2D eigenvalue weighted by Gasteiger charge is 1.94. The minimum absolute atomic E-state index is 0.00830. The first-order valence-electron chi connectivity index (χ1n) is 5.17. The Bertz CT molecular complexity index is 282. The number of nitrogens with one attached hydrogen (secondary N) is 1. The van der Waals surface area contributed by atoms with Crippen LogP contribution in [0.15, 0.2) is 24.3 Å². The summed E-state index contributed by atoms with van der Waals surface area (Å²) in [6.45, 7) is 6.19. The first-order valence-corrected chi connectivity index (χ1v) is 5.55. The smallest absolute Gasteiger partial charge is 0.216 e. The molecule has 15 heavy (non-hydrogen) atoms. The second-order valence-corrected chi connectivity index (χ2v) is 3.30. The van der Waals surface area contributed by atoms with Crippen molar-refractivity contribution in [2.75, 3.05) is 6.54 Å². The van der Waals surface area contributed by atoms with Crippen molar-refractivity contribution in [1.82, 2.24) is 5.32 Å². The van der Waals surface area contributed by atoms with E-state index >= 15 is 0 Å². The summed E-state index contributed by atoms with van der Waals surface area (Å²) in [5.41, 5.74) is 1.18. The Balaban J connectivity index is 0.000000921. The van der Waals surface area contributed by atoms with Gasteiger partial charge in [0.15, 0.2) is 0 Å². The maximum atomic E-state index is 10.6. The van der Waals surface area contributed by atoms with E-state index in [0.717, 1.165) is 11.4 Å². The Labute approximate surface area is 96.6 Å². The quantitative estimate of drug-likeness (QED) is 0.845. The molecule has 0 aromatic heterocycles. The van der Waals surface area contributed by atoms with E-state index in [1.54, 1.807) is 0 Å². The summed E-state index contributed by atoms with van der Waals surface area (Å²) in [7, 11) is 0. The summed E-state index contributed by atoms with van der Waals surface area (Å²) in [4.78, 5) is 10.6. The molecule has 1 aromatic carbocycles. The lowest BCUT2D eigenvalue weighted by Gasteiger charge is -2.01. The van der Waals surface area contributed by atoms with E-state index in [1.165, 1.54) is 12.5 Å². The van der Waals surface area contributed by atoms with Crippen LogP contribution in [0.3, 0.4) is 0 Å². The van der Waals surface area contributed by atoms with Crippen LogP contribution in [0.4, 0.5) is 0 Å². The highest BCUT2D eigenvalue weighted by molar-refractivity contribution is 6.30. The molecule has 0 aliphatic heterocycles. The zero-order valence-corrected chi connectivity index (χ0v) is 10.3. The second kappa shape index (κ2) is 8.30. The average molecular weight is 228 g/mol. The van der Waals surface area contributed by atoms with Gasteiger partial charge in [0.25, 0.3) is 0 Å². The fraction of sp³-hybridized carbons (Fsp3) is 0.417. The van der Waals surface area contributed by atoms with E-state index in [2.05, 4.69) is 5.32 Å². The predicted molar refractivity (Wildman–Crippen MR) is 65.2 cm³/mol. The third-order valence-electron chi connectivity index (χ3n) is 1.70. The zero-order valence-electron chi connectivity index (χ0n) is 9.51. The molecule has 0 aliphatic rings. The highest BCUT2D eigenvalue weighted by Crippen LogP contribution is 2.09. The highest BCUT2D eigenvalue weighted by atomic mass is 35.5. The molecule has 0 radical (unpaired) electrons. The number of amides is 1. The van der Waals surface area contributed by atoms with Gasteiger partial charge in [-0.1, -0.05) is 37.6 Å². The van der Waals surface area contributed by atoms with E-state index in [9.17, 15) is 4.79 Å². The standard InChI is InChI=1S/C10H12ClNO.C2H6/c1-8(13)12-7-6-9-2-4-10(11)5-3-9;1-2/h2-5H,6-7H2,1H3,(H,12,13);1-2H3. The van der Waals surface area contributed by atoms with Gasteiger partial charge in [-0.05, 0) is 24.1 Å². The minimum atomic E-state index is 0.00830. The first kappa shape index (κ1) is 14.0. The summed E-state index contributed by atoms with van der Waals surface area (Å²) in [6, 6.07) is 7.63. The molecule has 1 aromatic rings. The van der Waals surface area contributed by atoms with Gasteiger partial charge in [0.05, 0.1) is 0 Å². The van der Waals surface area contributed by atoms with Crippen LogP contribution >= 0.6 is 11.6 Å². The van der Waals surface area contributed by atoms with Crippen molar-refractivity contribution in [3.63, 3.8) is 0 Å². The number of hydrogen-bond acceptors (Lipinski definition) is 1. The first-order chi connectivity index (χ1) is 7.18. The predicted octanol–water partition coefficient (Wildman–Crippen LogP) is 3.04. The number of carbonyl (C=O) groups excluding carboxylic acids is 1. The van der Waals surface area contributed by atoms with Crippen molar-refractivity contribution in [3.8, 4) is 0 Å². The Morgan fingerprint density at radius 2 is 1.80 bits per heavy atom. The Morgan fingerprint density at radius 1 is 1.27 bits per heavy atom. The molecular formula is C12H18ClNO. The van der Waals surface area contributed by atoms with Crippen LogP contribution in [-0.4, -0.2) is 12.5 Å². The number of carbonyl (C=O) groups is 1. The van der Waals surface area contributed by atoms with Gasteiger partial charge < -0.3 is 5.32 Å². The fourth-order valence-electron chi connectivity index (χ4n) is 1.03. The summed E-state index contributed by atoms with van der Waals surface area (Å²) >= 11 is 5.73. The summed E-state index contributed by atoms with van der Waals surface area (Å²) in [5.74, 6) is 0.00830. The van der Waals surface area contributed by atoms with Gasteiger partial charge in [0.2, 0.25) is 5.91 Å². The van der Waals surface area contributed by atoms with Crippen molar-refractivity contribution in [2.45, 2.75) is 27.2 Å². The zero-order chi connectivity index (χ0) is 11.7. The Morgan fingerprint density at radius 3 is 2.27 bits per heavy atom. The molecule has 1 N–H and O–H groups in total. The van der Waals surface area contributed by atoms with Crippen molar-refractivity contribution in [3.05, 3.63) is 34.9 Å². The number of halogens is 1. The van der Waals surface area contributed by atoms with Crippen LogP contribution in [0.25, 0.3) is 0 Å². The molecule has 0 bridgehead atoms. The Hall–Kier alpha value is -1.02. The molecule has 3 heteroatoms. The topological polar surface area (TPSA) is 29.1 Å². The Kier molecular flexibility index (Phi) is 7.74. The van der Waals surface area contributed by atoms with Crippen LogP contribution in [0.1, 0.15) is 26.3 Å². The lowest BCUT2D eigenvalue weighted by molar-refractivity contribution is -0.118. The summed E-state index contributed by atoms with van der Waals surface area (Å²) in [5, 5.41) is 3.48. The molecule has 0 saturated carbocycles. The van der Waals surface area contributed by atoms with Crippen LogP contribution < -0.4 is 5.32 Å². The van der Waals surface area contributed by atoms with Gasteiger partial charge in [-0.25, -0.2) is 0 Å². The SMILES string of the molecule is CC.CC(=O)NCCc1ccc(Cl)cc1. The lowest BCUT2D eigenvalue weighted by Crippen LogP contribution is -2.22. The van der Waals surface area contributed by atoms with Gasteiger partial charge in [-0.3, -0.25) is 4.79 Å². The molecule has 1 amide bonds. The molecule has 0 heterocycles. The molecule has 0 spiro atoms. The van der Waals surface area contributed by atoms with Crippen molar-refractivity contribution < 1.29 is 4.79 Å². The number of hydrogen-bond donors (Lipinski definition) is 1. The van der Waals surface area contributed by atoms with Gasteiger partial charge in [-0.15, -0.1) is 0 Å². The molecule has 84 valence electrons. The summed E-state index contributed by atoms with van der Waals surface area (Å²) < 4.78 is 0. The second-order valence-electron chi connectivity index (χ2n) is 2.86. The van der Waals surface area contributed by atoms with Gasteiger partial charge in [0, 0.05) is 18.5 Å². The molecule has 2 nitrogen and oxygen atoms in total. The molecular weight excluding hydrogens is 210 g/mol. The molecule has 1 rings (SSSR count). The number of rotatable bonds is 3. The van der Waals surface area contributed by atoms with Crippen LogP contribution in [0, 0.1) is 0 Å². The van der Waals surface area contributed by atoms with Crippen molar-refractivity contribution >= 4 is 17.5 Å². The van der Waals surface area contributed by atoms with Gasteiger partial charge in [-0.2, -0.15) is 0 Å². The van der Waals surface area contributed by atoms with Gasteiger partial charge >= 0.3 is 0 Å². The molecule has 0 atom stereocenters. The maximum absolute atomic E-state index is 10.6. The lowest BCUT2D eigenvalue weighted by atomic mass is 10.1. The van der Waals surface area contributed by atoms with Crippen LogP contribution in [0.2, 0.25) is 5.02 Å². The van der Waals surface area contributed by atoms with Crippen molar-refractivity contribution in [2.24, 2.45) is 0 Å². The average Bonchev–Trinajstić information content (AvgIpc) is 2.23. The monoisotopic (exact) mass is 227 g/mol. The third kappa shape index (κ3) is 6.97. The van der Waals surface area contributed by atoms with Gasteiger partial charge in [0.1, 0.15) is 0 Å². The van der Waals surface area contributed by atoms with E-state index in [-0.39, 0.29) is 5.91 Å². The largest absolute Gasteiger partial charge is 0.356 e. The molecule has 0 saturated heterocycles. The van der Waals surface area contributed by atoms with E-state index in [4.69, 9.17) is 11.6 Å². The number of benzene rings is 1. The van der Waals surface area contributed by atoms with E-state index in [0.29, 0.717) is 6.54 Å². The third-order valence-corrected chi connectivity index (χ3v) is 1.95. The molecule has 0 unspecified atom stereocenters.